The maximum atomic E-state index is 11.2. The monoisotopic (exact) mass is 325 g/mol. The smallest absolute Gasteiger partial charge is 0.294 e. The van der Waals surface area contributed by atoms with E-state index in [2.05, 4.69) is 10.2 Å². The van der Waals surface area contributed by atoms with E-state index < -0.39 is 10.1 Å². The van der Waals surface area contributed by atoms with Gasteiger partial charge in [0.1, 0.15) is 22.5 Å². The Kier molecular flexibility index (Phi) is 3.08. The number of rotatable bonds is 2. The van der Waals surface area contributed by atoms with Crippen molar-refractivity contribution in [3.8, 4) is 11.4 Å². The van der Waals surface area contributed by atoms with Gasteiger partial charge in [0.2, 0.25) is 0 Å². The molecule has 3 aromatic rings. The van der Waals surface area contributed by atoms with Crippen LogP contribution in [0, 0.1) is 0 Å². The standard InChI is InChI=1S/C12H8ClN3O4S/c13-7-1-3-9-10(5-7)15-16(14-9)11-6-8(21(18,19)20)2-4-12(11)17/h1-6,17H,(H,18,19,20). The zero-order valence-electron chi connectivity index (χ0n) is 10.3. The van der Waals surface area contributed by atoms with Gasteiger partial charge in [-0.05, 0) is 36.4 Å². The molecule has 0 bridgehead atoms. The van der Waals surface area contributed by atoms with Gasteiger partial charge in [-0.25, -0.2) is 0 Å². The fraction of sp³-hybridized carbons (Fsp3) is 0. The summed E-state index contributed by atoms with van der Waals surface area (Å²) in [5.74, 6) is -0.228. The molecule has 1 heterocycles. The molecule has 0 saturated carbocycles. The SMILES string of the molecule is O=S(=O)(O)c1ccc(O)c(-n2nc3ccc(Cl)cc3n2)c1. The Morgan fingerprint density at radius 1 is 1.05 bits per heavy atom. The molecule has 108 valence electrons. The van der Waals surface area contributed by atoms with Crippen molar-refractivity contribution in [1.82, 2.24) is 15.0 Å². The number of phenolic OH excluding ortho intramolecular Hbond substituents is 1. The molecule has 0 amide bonds. The second-order valence-corrected chi connectivity index (χ2v) is 6.11. The van der Waals surface area contributed by atoms with Crippen LogP contribution in [-0.2, 0) is 10.1 Å². The molecule has 9 heteroatoms. The van der Waals surface area contributed by atoms with Gasteiger partial charge >= 0.3 is 0 Å². The van der Waals surface area contributed by atoms with E-state index in [-0.39, 0.29) is 16.3 Å². The Morgan fingerprint density at radius 2 is 1.76 bits per heavy atom. The van der Waals surface area contributed by atoms with Gasteiger partial charge < -0.3 is 5.11 Å². The largest absolute Gasteiger partial charge is 0.506 e. The molecule has 0 fully saturated rings. The molecule has 7 nitrogen and oxygen atoms in total. The number of nitrogens with zero attached hydrogens (tertiary/aromatic N) is 3. The summed E-state index contributed by atoms with van der Waals surface area (Å²) in [5.41, 5.74) is 1.03. The van der Waals surface area contributed by atoms with Crippen molar-refractivity contribution in [2.24, 2.45) is 0 Å². The third-order valence-corrected chi connectivity index (χ3v) is 3.89. The highest BCUT2D eigenvalue weighted by atomic mass is 35.5. The van der Waals surface area contributed by atoms with Gasteiger partial charge in [0.15, 0.2) is 0 Å². The van der Waals surface area contributed by atoms with Crippen molar-refractivity contribution in [2.45, 2.75) is 4.90 Å². The number of hydrogen-bond acceptors (Lipinski definition) is 5. The van der Waals surface area contributed by atoms with Gasteiger partial charge in [-0.3, -0.25) is 4.55 Å². The Balaban J connectivity index is 2.22. The minimum Gasteiger partial charge on any atom is -0.506 e. The maximum absolute atomic E-state index is 11.2. The lowest BCUT2D eigenvalue weighted by molar-refractivity contribution is 0.465. The van der Waals surface area contributed by atoms with Gasteiger partial charge in [-0.1, -0.05) is 11.6 Å². The van der Waals surface area contributed by atoms with Gasteiger partial charge in [0.05, 0.1) is 4.90 Å². The van der Waals surface area contributed by atoms with Crippen LogP contribution < -0.4 is 0 Å². The fourth-order valence-electron chi connectivity index (χ4n) is 1.82. The van der Waals surface area contributed by atoms with Crippen molar-refractivity contribution in [3.05, 3.63) is 41.4 Å². The van der Waals surface area contributed by atoms with Gasteiger partial charge in [0, 0.05) is 5.02 Å². The molecule has 0 spiro atoms. The van der Waals surface area contributed by atoms with E-state index >= 15 is 0 Å². The molecule has 2 N–H and O–H groups in total. The highest BCUT2D eigenvalue weighted by Gasteiger charge is 2.15. The highest BCUT2D eigenvalue weighted by molar-refractivity contribution is 7.85. The summed E-state index contributed by atoms with van der Waals surface area (Å²) in [5, 5.41) is 18.5. The quantitative estimate of drug-likeness (QED) is 0.698. The summed E-state index contributed by atoms with van der Waals surface area (Å²) < 4.78 is 31.4. The van der Waals surface area contributed by atoms with Crippen LogP contribution in [0.2, 0.25) is 5.02 Å². The summed E-state index contributed by atoms with van der Waals surface area (Å²) in [6.45, 7) is 0. The first-order chi connectivity index (χ1) is 9.84. The molecule has 3 rings (SSSR count). The number of halogens is 1. The van der Waals surface area contributed by atoms with E-state index in [1.54, 1.807) is 18.2 Å². The van der Waals surface area contributed by atoms with Gasteiger partial charge in [0.25, 0.3) is 10.1 Å². The zero-order valence-corrected chi connectivity index (χ0v) is 11.9. The average Bonchev–Trinajstić information content (AvgIpc) is 2.80. The minimum absolute atomic E-state index is 0.0254. The minimum atomic E-state index is -4.39. The Morgan fingerprint density at radius 3 is 2.48 bits per heavy atom. The average molecular weight is 326 g/mol. The lowest BCUT2D eigenvalue weighted by Crippen LogP contribution is -2.03. The van der Waals surface area contributed by atoms with Crippen LogP contribution in [0.1, 0.15) is 0 Å². The highest BCUT2D eigenvalue weighted by Crippen LogP contribution is 2.25. The number of aromatic hydroxyl groups is 1. The molecule has 0 radical (unpaired) electrons. The summed E-state index contributed by atoms with van der Waals surface area (Å²) in [7, 11) is -4.39. The van der Waals surface area contributed by atoms with Gasteiger partial charge in [-0.2, -0.15) is 8.42 Å². The number of benzene rings is 2. The van der Waals surface area contributed by atoms with Crippen molar-refractivity contribution in [2.75, 3.05) is 0 Å². The second kappa shape index (κ2) is 4.69. The molecule has 21 heavy (non-hydrogen) atoms. The summed E-state index contributed by atoms with van der Waals surface area (Å²) in [6.07, 6.45) is 0. The molecular weight excluding hydrogens is 318 g/mol. The predicted molar refractivity (Wildman–Crippen MR) is 75.4 cm³/mol. The van der Waals surface area contributed by atoms with E-state index in [1.165, 1.54) is 0 Å². The summed E-state index contributed by atoms with van der Waals surface area (Å²) in [6, 6.07) is 8.16. The predicted octanol–water partition coefficient (Wildman–Crippen LogP) is 2.03. The summed E-state index contributed by atoms with van der Waals surface area (Å²) in [4.78, 5) is 0.708. The molecule has 0 aliphatic rings. The molecule has 0 unspecified atom stereocenters. The van der Waals surface area contributed by atoms with Crippen LogP contribution in [0.25, 0.3) is 16.7 Å². The molecule has 0 atom stereocenters. The number of hydrogen-bond donors (Lipinski definition) is 2. The lowest BCUT2D eigenvalue weighted by Gasteiger charge is -2.04. The number of aromatic nitrogens is 3. The van der Waals surface area contributed by atoms with Crippen LogP contribution >= 0.6 is 11.6 Å². The first-order valence-electron chi connectivity index (χ1n) is 5.68. The lowest BCUT2D eigenvalue weighted by atomic mass is 10.3. The Hall–Kier alpha value is -2.16. The van der Waals surface area contributed by atoms with E-state index in [0.29, 0.717) is 16.1 Å². The normalized spacial score (nSPS) is 11.9. The third-order valence-electron chi connectivity index (χ3n) is 2.80. The Labute approximate surface area is 124 Å². The van der Waals surface area contributed by atoms with Crippen LogP contribution in [0.4, 0.5) is 0 Å². The van der Waals surface area contributed by atoms with Crippen LogP contribution in [0.5, 0.6) is 5.75 Å². The molecule has 2 aromatic carbocycles. The first-order valence-corrected chi connectivity index (χ1v) is 7.50. The van der Waals surface area contributed by atoms with Gasteiger partial charge in [-0.15, -0.1) is 15.0 Å². The molecule has 0 aliphatic heterocycles. The van der Waals surface area contributed by atoms with Crippen molar-refractivity contribution in [3.63, 3.8) is 0 Å². The molecular formula is C12H8ClN3O4S. The topological polar surface area (TPSA) is 105 Å². The van der Waals surface area contributed by atoms with Crippen LogP contribution in [0.3, 0.4) is 0 Å². The van der Waals surface area contributed by atoms with Crippen molar-refractivity contribution in [1.29, 1.82) is 0 Å². The van der Waals surface area contributed by atoms with Crippen molar-refractivity contribution >= 4 is 32.8 Å². The summed E-state index contributed by atoms with van der Waals surface area (Å²) >= 11 is 5.85. The molecule has 1 aromatic heterocycles. The van der Waals surface area contributed by atoms with E-state index in [0.717, 1.165) is 23.0 Å². The Bertz CT molecular complexity index is 952. The molecule has 0 saturated heterocycles. The maximum Gasteiger partial charge on any atom is 0.294 e. The van der Waals surface area contributed by atoms with Crippen molar-refractivity contribution < 1.29 is 18.1 Å². The zero-order chi connectivity index (χ0) is 15.2. The van der Waals surface area contributed by atoms with Crippen LogP contribution in [-0.4, -0.2) is 33.1 Å². The van der Waals surface area contributed by atoms with E-state index in [4.69, 9.17) is 16.2 Å². The third kappa shape index (κ3) is 2.56. The van der Waals surface area contributed by atoms with E-state index in [1.807, 2.05) is 0 Å². The fourth-order valence-corrected chi connectivity index (χ4v) is 2.49. The number of phenols is 1. The number of fused-ring (bicyclic) bond motifs is 1. The van der Waals surface area contributed by atoms with E-state index in [9.17, 15) is 13.5 Å². The van der Waals surface area contributed by atoms with Crippen LogP contribution in [0.15, 0.2) is 41.3 Å². The second-order valence-electron chi connectivity index (χ2n) is 4.25. The first kappa shape index (κ1) is 13.8. The molecule has 0 aliphatic carbocycles.